The van der Waals surface area contributed by atoms with E-state index in [1.54, 1.807) is 48.5 Å². The summed E-state index contributed by atoms with van der Waals surface area (Å²) in [6.07, 6.45) is 1.60. The molecule has 1 aliphatic rings. The predicted octanol–water partition coefficient (Wildman–Crippen LogP) is 2.34. The number of nitrogens with one attached hydrogen (secondary N) is 1. The first-order valence-electron chi connectivity index (χ1n) is 9.83. The Morgan fingerprint density at radius 1 is 1.10 bits per heavy atom. The minimum absolute atomic E-state index is 0.149. The highest BCUT2D eigenvalue weighted by Gasteiger charge is 2.27. The van der Waals surface area contributed by atoms with Gasteiger partial charge in [-0.2, -0.15) is 0 Å². The van der Waals surface area contributed by atoms with Crippen molar-refractivity contribution in [2.24, 2.45) is 0 Å². The standard InChI is InChI=1S/C22H19FN6O2/c1-27-10-11-28(13-14-4-2-5-15(23)12-14)20-16(21(27)30)7-8-18(25-20)29-17-6-3-9-24-19(17)26-22(29)31/h2-9,12H,10-11,13H2,1H3,(H,24,26,31). The number of likely N-dealkylation sites (N-methyl/N-ethyl adjacent to an activating group) is 1. The summed E-state index contributed by atoms with van der Waals surface area (Å²) < 4.78 is 15.2. The molecule has 4 heterocycles. The Morgan fingerprint density at radius 2 is 1.97 bits per heavy atom. The molecular weight excluding hydrogens is 399 g/mol. The maximum Gasteiger partial charge on any atom is 0.333 e. The predicted molar refractivity (Wildman–Crippen MR) is 114 cm³/mol. The molecule has 0 radical (unpaired) electrons. The Kier molecular flexibility index (Phi) is 4.50. The molecule has 1 N–H and O–H groups in total. The summed E-state index contributed by atoms with van der Waals surface area (Å²) in [7, 11) is 1.74. The number of carbonyl (C=O) groups is 1. The molecule has 0 saturated carbocycles. The van der Waals surface area contributed by atoms with Crippen LogP contribution < -0.4 is 10.6 Å². The number of hydrogen-bond acceptors (Lipinski definition) is 5. The zero-order valence-electron chi connectivity index (χ0n) is 16.7. The smallest absolute Gasteiger partial charge is 0.333 e. The second kappa shape index (κ2) is 7.35. The number of benzene rings is 1. The monoisotopic (exact) mass is 418 g/mol. The molecule has 0 saturated heterocycles. The number of H-pyrrole nitrogens is 1. The van der Waals surface area contributed by atoms with Gasteiger partial charge >= 0.3 is 5.69 Å². The number of amides is 1. The van der Waals surface area contributed by atoms with E-state index in [9.17, 15) is 14.0 Å². The van der Waals surface area contributed by atoms with Gasteiger partial charge in [0.05, 0.1) is 11.1 Å². The fraction of sp³-hybridized carbons (Fsp3) is 0.182. The average molecular weight is 418 g/mol. The summed E-state index contributed by atoms with van der Waals surface area (Å²) in [4.78, 5) is 40.7. The first kappa shape index (κ1) is 19.0. The maximum atomic E-state index is 13.7. The second-order valence-corrected chi connectivity index (χ2v) is 7.46. The molecule has 0 spiro atoms. The van der Waals surface area contributed by atoms with Crippen LogP contribution in [0.2, 0.25) is 0 Å². The van der Waals surface area contributed by atoms with Gasteiger partial charge in [-0.25, -0.2) is 23.7 Å². The molecule has 0 aliphatic carbocycles. The molecule has 3 aromatic heterocycles. The molecule has 8 nitrogen and oxygen atoms in total. The van der Waals surface area contributed by atoms with Crippen molar-refractivity contribution in [1.29, 1.82) is 0 Å². The lowest BCUT2D eigenvalue weighted by Gasteiger charge is -2.23. The average Bonchev–Trinajstić information content (AvgIpc) is 3.05. The molecule has 9 heteroatoms. The van der Waals surface area contributed by atoms with Crippen molar-refractivity contribution in [2.75, 3.05) is 25.0 Å². The summed E-state index contributed by atoms with van der Waals surface area (Å²) in [6.45, 7) is 1.40. The number of anilines is 1. The van der Waals surface area contributed by atoms with E-state index >= 15 is 0 Å². The Balaban J connectivity index is 1.65. The number of nitrogens with zero attached hydrogens (tertiary/aromatic N) is 5. The summed E-state index contributed by atoms with van der Waals surface area (Å²) in [5.41, 5.74) is 1.88. The lowest BCUT2D eigenvalue weighted by molar-refractivity contribution is 0.0804. The fourth-order valence-corrected chi connectivity index (χ4v) is 3.83. The zero-order valence-corrected chi connectivity index (χ0v) is 16.7. The molecule has 4 aromatic rings. The van der Waals surface area contributed by atoms with Gasteiger partial charge in [-0.15, -0.1) is 0 Å². The van der Waals surface area contributed by atoms with Crippen molar-refractivity contribution >= 4 is 22.9 Å². The van der Waals surface area contributed by atoms with Gasteiger partial charge in [0.25, 0.3) is 5.91 Å². The first-order chi connectivity index (χ1) is 15.0. The molecule has 1 aromatic carbocycles. The number of fused-ring (bicyclic) bond motifs is 2. The molecule has 0 atom stereocenters. The lowest BCUT2D eigenvalue weighted by atomic mass is 10.2. The van der Waals surface area contributed by atoms with Gasteiger partial charge in [0, 0.05) is 32.9 Å². The van der Waals surface area contributed by atoms with Crippen LogP contribution in [0.4, 0.5) is 10.2 Å². The SMILES string of the molecule is CN1CCN(Cc2cccc(F)c2)c2nc(-n3c(=O)[nH]c4ncccc43)ccc2C1=O. The van der Waals surface area contributed by atoms with Crippen molar-refractivity contribution in [3.05, 3.63) is 82.2 Å². The number of imidazole rings is 1. The highest BCUT2D eigenvalue weighted by Crippen LogP contribution is 2.26. The largest absolute Gasteiger partial charge is 0.350 e. The van der Waals surface area contributed by atoms with Crippen LogP contribution in [0.15, 0.2) is 59.5 Å². The number of rotatable bonds is 3. The van der Waals surface area contributed by atoms with Crippen molar-refractivity contribution in [3.8, 4) is 5.82 Å². The van der Waals surface area contributed by atoms with Gasteiger partial charge in [0.2, 0.25) is 0 Å². The summed E-state index contributed by atoms with van der Waals surface area (Å²) in [6, 6.07) is 13.2. The first-order valence-corrected chi connectivity index (χ1v) is 9.83. The van der Waals surface area contributed by atoms with Crippen LogP contribution >= 0.6 is 0 Å². The van der Waals surface area contributed by atoms with E-state index < -0.39 is 0 Å². The highest BCUT2D eigenvalue weighted by atomic mass is 19.1. The van der Waals surface area contributed by atoms with Crippen molar-refractivity contribution in [2.45, 2.75) is 6.54 Å². The van der Waals surface area contributed by atoms with Crippen molar-refractivity contribution in [1.82, 2.24) is 24.4 Å². The van der Waals surface area contributed by atoms with Crippen LogP contribution in [0, 0.1) is 5.82 Å². The lowest BCUT2D eigenvalue weighted by Crippen LogP contribution is -2.31. The number of aromatic nitrogens is 4. The quantitative estimate of drug-likeness (QED) is 0.552. The van der Waals surface area contributed by atoms with E-state index in [-0.39, 0.29) is 17.4 Å². The van der Waals surface area contributed by atoms with Crippen molar-refractivity contribution in [3.63, 3.8) is 0 Å². The van der Waals surface area contributed by atoms with E-state index in [0.717, 1.165) is 5.56 Å². The third-order valence-electron chi connectivity index (χ3n) is 5.39. The molecule has 0 fully saturated rings. The van der Waals surface area contributed by atoms with Gasteiger partial charge in [-0.1, -0.05) is 12.1 Å². The van der Waals surface area contributed by atoms with E-state index in [1.807, 2.05) is 11.0 Å². The van der Waals surface area contributed by atoms with Crippen LogP contribution in [-0.2, 0) is 6.54 Å². The number of halogens is 1. The maximum absolute atomic E-state index is 13.7. The van der Waals surface area contributed by atoms with Crippen LogP contribution in [0.5, 0.6) is 0 Å². The molecule has 1 aliphatic heterocycles. The second-order valence-electron chi connectivity index (χ2n) is 7.46. The van der Waals surface area contributed by atoms with Crippen LogP contribution in [0.25, 0.3) is 17.0 Å². The molecule has 5 rings (SSSR count). The number of hydrogen-bond donors (Lipinski definition) is 1. The van der Waals surface area contributed by atoms with Crippen molar-refractivity contribution < 1.29 is 9.18 Å². The third kappa shape index (κ3) is 3.33. The van der Waals surface area contributed by atoms with E-state index in [2.05, 4.69) is 9.97 Å². The number of aromatic amines is 1. The number of carbonyl (C=O) groups excluding carboxylic acids is 1. The summed E-state index contributed by atoms with van der Waals surface area (Å²) in [5.74, 6) is 0.370. The van der Waals surface area contributed by atoms with Gasteiger partial charge < -0.3 is 9.80 Å². The molecule has 31 heavy (non-hydrogen) atoms. The van der Waals surface area contributed by atoms with E-state index in [1.165, 1.54) is 16.7 Å². The number of pyridine rings is 2. The van der Waals surface area contributed by atoms with Crippen LogP contribution in [0.1, 0.15) is 15.9 Å². The van der Waals surface area contributed by atoms with Crippen LogP contribution in [0.3, 0.4) is 0 Å². The normalized spacial score (nSPS) is 14.1. The van der Waals surface area contributed by atoms with Gasteiger partial charge in [0.15, 0.2) is 5.65 Å². The molecule has 0 unspecified atom stereocenters. The van der Waals surface area contributed by atoms with Gasteiger partial charge in [-0.05, 0) is 42.0 Å². The molecule has 0 bridgehead atoms. The molecule has 156 valence electrons. The third-order valence-corrected chi connectivity index (χ3v) is 5.39. The van der Waals surface area contributed by atoms with Gasteiger partial charge in [-0.3, -0.25) is 9.78 Å². The van der Waals surface area contributed by atoms with Gasteiger partial charge in [0.1, 0.15) is 17.5 Å². The Morgan fingerprint density at radius 3 is 2.81 bits per heavy atom. The highest BCUT2D eigenvalue weighted by molar-refractivity contribution is 5.99. The van der Waals surface area contributed by atoms with Crippen LogP contribution in [-0.4, -0.2) is 50.5 Å². The molecule has 1 amide bonds. The summed E-state index contributed by atoms with van der Waals surface area (Å²) in [5, 5.41) is 0. The van der Waals surface area contributed by atoms with E-state index in [4.69, 9.17) is 4.98 Å². The molecular formula is C22H19FN6O2. The zero-order chi connectivity index (χ0) is 21.5. The Hall–Kier alpha value is -4.01. The Bertz CT molecular complexity index is 1360. The summed E-state index contributed by atoms with van der Waals surface area (Å²) >= 11 is 0. The fourth-order valence-electron chi connectivity index (χ4n) is 3.83. The minimum Gasteiger partial charge on any atom is -0.350 e. The van der Waals surface area contributed by atoms with E-state index in [0.29, 0.717) is 48.0 Å². The Labute approximate surface area is 176 Å². The minimum atomic E-state index is -0.366. The topological polar surface area (TPSA) is 87.1 Å².